The maximum atomic E-state index is 13.1. The van der Waals surface area contributed by atoms with Crippen molar-refractivity contribution in [1.29, 1.82) is 0 Å². The van der Waals surface area contributed by atoms with Crippen molar-refractivity contribution in [2.24, 2.45) is 5.92 Å². The lowest BCUT2D eigenvalue weighted by molar-refractivity contribution is 0.0594. The summed E-state index contributed by atoms with van der Waals surface area (Å²) in [5, 5.41) is 2.64. The molecule has 5 rings (SSSR count). The van der Waals surface area contributed by atoms with Crippen LogP contribution in [0.2, 0.25) is 0 Å². The fraction of sp³-hybridized carbons (Fsp3) is 0.273. The first kappa shape index (κ1) is 19.1. The molecule has 9 nitrogen and oxygen atoms in total. The molecule has 31 heavy (non-hydrogen) atoms. The van der Waals surface area contributed by atoms with E-state index in [4.69, 9.17) is 0 Å². The Balaban J connectivity index is 1.39. The fourth-order valence-electron chi connectivity index (χ4n) is 4.48. The first-order valence-corrected chi connectivity index (χ1v) is 10.1. The Bertz CT molecular complexity index is 1190. The van der Waals surface area contributed by atoms with Crippen molar-refractivity contribution in [2.75, 3.05) is 18.4 Å². The molecule has 1 fully saturated rings. The predicted octanol–water partition coefficient (Wildman–Crippen LogP) is 1.55. The summed E-state index contributed by atoms with van der Waals surface area (Å²) >= 11 is 0. The van der Waals surface area contributed by atoms with Gasteiger partial charge in [0.2, 0.25) is 0 Å². The topological polar surface area (TPSA) is 110 Å². The summed E-state index contributed by atoms with van der Waals surface area (Å²) in [6.45, 7) is 1.65. The summed E-state index contributed by atoms with van der Waals surface area (Å²) in [7, 11) is 0. The lowest BCUT2D eigenvalue weighted by atomic mass is 9.83. The monoisotopic (exact) mass is 416 g/mol. The molecule has 2 aliphatic heterocycles. The Morgan fingerprint density at radius 3 is 2.65 bits per heavy atom. The number of pyridine rings is 2. The molecule has 2 atom stereocenters. The number of carbonyl (C=O) groups excluding carboxylic acids is 2. The van der Waals surface area contributed by atoms with Crippen molar-refractivity contribution in [3.05, 3.63) is 82.6 Å². The van der Waals surface area contributed by atoms with E-state index in [1.54, 1.807) is 35.2 Å². The SMILES string of the molecule is O=C(Nc1ccc2n(c1=O)C[C@H]1C[C@@H]2CN(C(=O)c2cccnc2)C1)c1cnccn1. The van der Waals surface area contributed by atoms with Gasteiger partial charge < -0.3 is 14.8 Å². The number of carbonyl (C=O) groups is 2. The van der Waals surface area contributed by atoms with Gasteiger partial charge in [0.15, 0.2) is 0 Å². The van der Waals surface area contributed by atoms with Crippen LogP contribution in [-0.4, -0.2) is 49.3 Å². The minimum Gasteiger partial charge on any atom is -0.338 e. The number of hydrogen-bond acceptors (Lipinski definition) is 6. The van der Waals surface area contributed by atoms with E-state index >= 15 is 0 Å². The zero-order valence-corrected chi connectivity index (χ0v) is 16.6. The third-order valence-corrected chi connectivity index (χ3v) is 5.84. The summed E-state index contributed by atoms with van der Waals surface area (Å²) in [6.07, 6.45) is 8.41. The molecule has 3 aromatic rings. The average Bonchev–Trinajstić information content (AvgIpc) is 2.81. The highest BCUT2D eigenvalue weighted by Gasteiger charge is 2.37. The number of rotatable bonds is 3. The molecule has 1 saturated heterocycles. The summed E-state index contributed by atoms with van der Waals surface area (Å²) in [5.41, 5.74) is 1.58. The number of piperidine rings is 1. The molecule has 2 amide bonds. The molecule has 0 aromatic carbocycles. The van der Waals surface area contributed by atoms with Crippen LogP contribution < -0.4 is 10.9 Å². The standard InChI is InChI=1S/C22H20N6O3/c29-20(18-10-24-6-7-25-18)26-17-3-4-19-16-8-14(12-28(19)22(17)31)11-27(13-16)21(30)15-2-1-5-23-9-15/h1-7,9-10,14,16H,8,11-13H2,(H,26,29)/t14-,16+/m0/s1. The number of anilines is 1. The van der Waals surface area contributed by atoms with Gasteiger partial charge in [-0.25, -0.2) is 4.98 Å². The van der Waals surface area contributed by atoms with Crippen molar-refractivity contribution in [2.45, 2.75) is 18.9 Å². The lowest BCUT2D eigenvalue weighted by Crippen LogP contribution is -2.49. The quantitative estimate of drug-likeness (QED) is 0.694. The van der Waals surface area contributed by atoms with E-state index in [9.17, 15) is 14.4 Å². The number of aromatic nitrogens is 4. The van der Waals surface area contributed by atoms with E-state index in [0.717, 1.165) is 12.1 Å². The third kappa shape index (κ3) is 3.58. The van der Waals surface area contributed by atoms with Crippen LogP contribution in [0, 0.1) is 5.92 Å². The number of amides is 2. The van der Waals surface area contributed by atoms with Gasteiger partial charge >= 0.3 is 0 Å². The molecule has 0 spiro atoms. The molecule has 3 aromatic heterocycles. The van der Waals surface area contributed by atoms with Gasteiger partial charge in [0, 0.05) is 56.0 Å². The maximum absolute atomic E-state index is 13.1. The van der Waals surface area contributed by atoms with Gasteiger partial charge in [-0.05, 0) is 36.6 Å². The Morgan fingerprint density at radius 1 is 1.00 bits per heavy atom. The van der Waals surface area contributed by atoms with Crippen molar-refractivity contribution in [3.8, 4) is 0 Å². The van der Waals surface area contributed by atoms with Crippen LogP contribution in [0.25, 0.3) is 0 Å². The first-order chi connectivity index (χ1) is 15.1. The maximum Gasteiger partial charge on any atom is 0.276 e. The van der Waals surface area contributed by atoms with Crippen molar-refractivity contribution in [1.82, 2.24) is 24.4 Å². The van der Waals surface area contributed by atoms with E-state index in [0.29, 0.717) is 25.2 Å². The third-order valence-electron chi connectivity index (χ3n) is 5.84. The van der Waals surface area contributed by atoms with Gasteiger partial charge in [0.05, 0.1) is 11.8 Å². The molecule has 156 valence electrons. The number of nitrogens with one attached hydrogen (secondary N) is 1. The van der Waals surface area contributed by atoms with Crippen LogP contribution in [0.5, 0.6) is 0 Å². The van der Waals surface area contributed by atoms with Gasteiger partial charge in [-0.1, -0.05) is 0 Å². The summed E-state index contributed by atoms with van der Waals surface area (Å²) < 4.78 is 1.73. The molecular formula is C22H20N6O3. The van der Waals surface area contributed by atoms with Crippen LogP contribution in [0.1, 0.15) is 38.9 Å². The van der Waals surface area contributed by atoms with Crippen molar-refractivity contribution >= 4 is 17.5 Å². The fourth-order valence-corrected chi connectivity index (χ4v) is 4.48. The van der Waals surface area contributed by atoms with Crippen LogP contribution in [-0.2, 0) is 6.54 Å². The zero-order valence-electron chi connectivity index (χ0n) is 16.6. The van der Waals surface area contributed by atoms with E-state index in [1.165, 1.54) is 18.6 Å². The van der Waals surface area contributed by atoms with E-state index in [1.807, 2.05) is 11.0 Å². The highest BCUT2D eigenvalue weighted by Crippen LogP contribution is 2.36. The highest BCUT2D eigenvalue weighted by atomic mass is 16.2. The molecule has 2 aliphatic rings. The van der Waals surface area contributed by atoms with E-state index in [2.05, 4.69) is 20.3 Å². The second-order valence-corrected chi connectivity index (χ2v) is 7.88. The van der Waals surface area contributed by atoms with Gasteiger partial charge in [-0.2, -0.15) is 0 Å². The van der Waals surface area contributed by atoms with Gasteiger partial charge in [-0.3, -0.25) is 24.4 Å². The lowest BCUT2D eigenvalue weighted by Gasteiger charge is -2.42. The second-order valence-electron chi connectivity index (χ2n) is 7.88. The minimum absolute atomic E-state index is 0.0357. The smallest absolute Gasteiger partial charge is 0.276 e. The van der Waals surface area contributed by atoms with E-state index < -0.39 is 5.91 Å². The summed E-state index contributed by atoms with van der Waals surface area (Å²) in [6, 6.07) is 7.02. The second kappa shape index (κ2) is 7.75. The molecule has 2 bridgehead atoms. The zero-order chi connectivity index (χ0) is 21.4. The molecule has 0 unspecified atom stereocenters. The number of likely N-dealkylation sites (tertiary alicyclic amines) is 1. The highest BCUT2D eigenvalue weighted by molar-refractivity contribution is 6.02. The largest absolute Gasteiger partial charge is 0.338 e. The van der Waals surface area contributed by atoms with Gasteiger partial charge in [-0.15, -0.1) is 0 Å². The molecule has 9 heteroatoms. The molecule has 0 radical (unpaired) electrons. The predicted molar refractivity (Wildman–Crippen MR) is 112 cm³/mol. The Labute approximate surface area is 177 Å². The number of fused-ring (bicyclic) bond motifs is 4. The first-order valence-electron chi connectivity index (χ1n) is 10.1. The molecule has 0 aliphatic carbocycles. The molecule has 5 heterocycles. The Hall–Kier alpha value is -3.88. The van der Waals surface area contributed by atoms with Gasteiger partial charge in [0.25, 0.3) is 17.4 Å². The van der Waals surface area contributed by atoms with Crippen LogP contribution in [0.3, 0.4) is 0 Å². The summed E-state index contributed by atoms with van der Waals surface area (Å²) in [5.74, 6) is -0.262. The van der Waals surface area contributed by atoms with Crippen molar-refractivity contribution in [3.63, 3.8) is 0 Å². The molecule has 1 N–H and O–H groups in total. The molecular weight excluding hydrogens is 396 g/mol. The normalized spacial score (nSPS) is 19.4. The average molecular weight is 416 g/mol. The number of hydrogen-bond donors (Lipinski definition) is 1. The Kier molecular flexibility index (Phi) is 4.78. The Morgan fingerprint density at radius 2 is 1.87 bits per heavy atom. The van der Waals surface area contributed by atoms with Crippen LogP contribution in [0.4, 0.5) is 5.69 Å². The number of nitrogens with zero attached hydrogens (tertiary/aromatic N) is 5. The van der Waals surface area contributed by atoms with E-state index in [-0.39, 0.29) is 34.7 Å². The van der Waals surface area contributed by atoms with Crippen LogP contribution in [0.15, 0.2) is 60.0 Å². The summed E-state index contributed by atoms with van der Waals surface area (Å²) in [4.78, 5) is 52.1. The van der Waals surface area contributed by atoms with Gasteiger partial charge in [0.1, 0.15) is 11.4 Å². The molecule has 0 saturated carbocycles. The van der Waals surface area contributed by atoms with Crippen LogP contribution >= 0.6 is 0 Å². The van der Waals surface area contributed by atoms with Crippen molar-refractivity contribution < 1.29 is 9.59 Å². The minimum atomic E-state index is -0.477.